The van der Waals surface area contributed by atoms with Gasteiger partial charge in [-0.2, -0.15) is 0 Å². The van der Waals surface area contributed by atoms with E-state index in [1.807, 2.05) is 24.3 Å². The third-order valence-corrected chi connectivity index (χ3v) is 6.81. The van der Waals surface area contributed by atoms with Crippen LogP contribution in [0, 0.1) is 5.82 Å². The van der Waals surface area contributed by atoms with Crippen molar-refractivity contribution in [3.63, 3.8) is 0 Å². The summed E-state index contributed by atoms with van der Waals surface area (Å²) >= 11 is 0. The summed E-state index contributed by atoms with van der Waals surface area (Å²) in [5, 5.41) is 13.0. The fourth-order valence-corrected chi connectivity index (χ4v) is 5.10. The number of ketones is 1. The number of ether oxygens (including phenoxy) is 1. The van der Waals surface area contributed by atoms with Gasteiger partial charge in [-0.3, -0.25) is 14.3 Å². The number of esters is 1. The number of halogens is 1. The summed E-state index contributed by atoms with van der Waals surface area (Å²) in [4.78, 5) is 23.7. The second-order valence-corrected chi connectivity index (χ2v) is 9.94. The van der Waals surface area contributed by atoms with Crippen LogP contribution in [0.5, 0.6) is 0 Å². The molecule has 2 aromatic carbocycles. The van der Waals surface area contributed by atoms with Crippen molar-refractivity contribution in [1.82, 2.24) is 4.68 Å². The molecule has 1 N–H and O–H groups in total. The molecule has 200 valence electrons. The van der Waals surface area contributed by atoms with Crippen LogP contribution in [0.15, 0.2) is 60.7 Å². The molecule has 0 spiro atoms. The molecule has 38 heavy (non-hydrogen) atoms. The van der Waals surface area contributed by atoms with Gasteiger partial charge in [-0.05, 0) is 36.5 Å². The Bertz CT molecular complexity index is 1290. The molecular formula is C31H35FN2O4. The quantitative estimate of drug-likeness (QED) is 0.275. The molecule has 0 aliphatic carbocycles. The first-order valence-corrected chi connectivity index (χ1v) is 13.1. The van der Waals surface area contributed by atoms with Gasteiger partial charge in [0.25, 0.3) is 0 Å². The predicted molar refractivity (Wildman–Crippen MR) is 148 cm³/mol. The Balaban J connectivity index is 1.90. The first-order chi connectivity index (χ1) is 18.3. The van der Waals surface area contributed by atoms with Crippen molar-refractivity contribution >= 4 is 17.8 Å². The molecule has 2 heterocycles. The molecule has 1 aromatic heterocycles. The highest BCUT2D eigenvalue weighted by Crippen LogP contribution is 2.43. The van der Waals surface area contributed by atoms with Gasteiger partial charge in [0.2, 0.25) is 0 Å². The van der Waals surface area contributed by atoms with Crippen molar-refractivity contribution in [1.29, 1.82) is 0 Å². The maximum absolute atomic E-state index is 14.0. The van der Waals surface area contributed by atoms with Crippen LogP contribution in [0.2, 0.25) is 0 Å². The predicted octanol–water partition coefficient (Wildman–Crippen LogP) is 5.71. The standard InChI is InChI=1S/C31H35FN2O4/c1-21(2)30-27(16-15-25(35)19-26(36)20-28(37)38-3)29(22-11-13-24(32)14-12-22)31(23-9-5-4-6-10-23)34(30)33-17-7-8-18-33/h4-6,9-16,21,25,35H,7-8,17-20H2,1-3H3/b16-15+. The van der Waals surface area contributed by atoms with E-state index in [9.17, 15) is 19.1 Å². The van der Waals surface area contributed by atoms with Crippen molar-refractivity contribution in [3.8, 4) is 22.4 Å². The van der Waals surface area contributed by atoms with Crippen LogP contribution in [0.3, 0.4) is 0 Å². The number of methoxy groups -OCH3 is 1. The Morgan fingerprint density at radius 2 is 1.68 bits per heavy atom. The van der Waals surface area contributed by atoms with E-state index in [-0.39, 0.29) is 24.6 Å². The first kappa shape index (κ1) is 27.3. The van der Waals surface area contributed by atoms with Crippen LogP contribution in [0.4, 0.5) is 4.39 Å². The molecule has 7 heteroatoms. The maximum atomic E-state index is 14.0. The van der Waals surface area contributed by atoms with Gasteiger partial charge in [-0.25, -0.2) is 4.39 Å². The Labute approximate surface area is 223 Å². The SMILES string of the molecule is COC(=O)CC(=O)CC(O)/C=C/c1c(-c2ccc(F)cc2)c(-c2ccccc2)n(N2CCCC2)c1C(C)C. The molecule has 0 saturated carbocycles. The number of hydrogen-bond donors (Lipinski definition) is 1. The minimum Gasteiger partial charge on any atom is -0.469 e. The lowest BCUT2D eigenvalue weighted by molar-refractivity contribution is -0.143. The Hall–Kier alpha value is -3.71. The van der Waals surface area contributed by atoms with Gasteiger partial charge in [0.05, 0.1) is 24.6 Å². The fraction of sp³-hybridized carbons (Fsp3) is 0.355. The van der Waals surface area contributed by atoms with Gasteiger partial charge in [-0.1, -0.05) is 68.5 Å². The molecule has 3 aromatic rings. The number of nitrogens with zero attached hydrogens (tertiary/aromatic N) is 2. The summed E-state index contributed by atoms with van der Waals surface area (Å²) in [6.07, 6.45) is 4.04. The van der Waals surface area contributed by atoms with Crippen molar-refractivity contribution in [2.45, 2.75) is 51.6 Å². The minimum atomic E-state index is -1.07. The normalized spacial score (nSPS) is 14.4. The molecule has 6 nitrogen and oxygen atoms in total. The van der Waals surface area contributed by atoms with Gasteiger partial charge >= 0.3 is 5.97 Å². The highest BCUT2D eigenvalue weighted by Gasteiger charge is 2.29. The lowest BCUT2D eigenvalue weighted by Gasteiger charge is -2.27. The van der Waals surface area contributed by atoms with E-state index in [0.717, 1.165) is 59.6 Å². The molecule has 1 fully saturated rings. The lowest BCUT2D eigenvalue weighted by atomic mass is 9.94. The number of aromatic nitrogens is 1. The lowest BCUT2D eigenvalue weighted by Crippen LogP contribution is -2.33. The largest absolute Gasteiger partial charge is 0.469 e. The number of Topliss-reactive ketones (excluding diaryl/α,β-unsaturated/α-hetero) is 1. The van der Waals surface area contributed by atoms with Gasteiger partial charge < -0.3 is 14.9 Å². The van der Waals surface area contributed by atoms with Crippen LogP contribution in [0.25, 0.3) is 28.5 Å². The highest BCUT2D eigenvalue weighted by atomic mass is 19.1. The molecule has 0 radical (unpaired) electrons. The molecule has 1 saturated heterocycles. The van der Waals surface area contributed by atoms with E-state index in [1.165, 1.54) is 19.2 Å². The molecule has 4 rings (SSSR count). The molecular weight excluding hydrogens is 483 g/mol. The molecule has 0 bridgehead atoms. The summed E-state index contributed by atoms with van der Waals surface area (Å²) in [5.74, 6) is -1.20. The average Bonchev–Trinajstić information content (AvgIpc) is 3.54. The van der Waals surface area contributed by atoms with E-state index >= 15 is 0 Å². The average molecular weight is 519 g/mol. The van der Waals surface area contributed by atoms with E-state index in [0.29, 0.717) is 0 Å². The van der Waals surface area contributed by atoms with Crippen LogP contribution < -0.4 is 5.01 Å². The fourth-order valence-electron chi connectivity index (χ4n) is 5.10. The van der Waals surface area contributed by atoms with E-state index < -0.39 is 17.9 Å². The topological polar surface area (TPSA) is 71.8 Å². The highest BCUT2D eigenvalue weighted by molar-refractivity contribution is 5.96. The summed E-state index contributed by atoms with van der Waals surface area (Å²) in [7, 11) is 1.23. The van der Waals surface area contributed by atoms with E-state index in [2.05, 4.69) is 40.4 Å². The summed E-state index contributed by atoms with van der Waals surface area (Å²) in [6.45, 7) is 6.12. The number of benzene rings is 2. The molecule has 1 aliphatic rings. The summed E-state index contributed by atoms with van der Waals surface area (Å²) in [6, 6.07) is 16.6. The van der Waals surface area contributed by atoms with Crippen molar-refractivity contribution in [2.24, 2.45) is 0 Å². The third-order valence-electron chi connectivity index (χ3n) is 6.81. The van der Waals surface area contributed by atoms with Gasteiger partial charge in [0.15, 0.2) is 0 Å². The Kier molecular flexibility index (Phi) is 8.79. The zero-order valence-electron chi connectivity index (χ0n) is 22.2. The zero-order chi connectivity index (χ0) is 27.2. The zero-order valence-corrected chi connectivity index (χ0v) is 22.2. The van der Waals surface area contributed by atoms with Crippen molar-refractivity contribution in [2.75, 3.05) is 25.2 Å². The first-order valence-electron chi connectivity index (χ1n) is 13.1. The van der Waals surface area contributed by atoms with Gasteiger partial charge in [-0.15, -0.1) is 0 Å². The minimum absolute atomic E-state index is 0.130. The summed E-state index contributed by atoms with van der Waals surface area (Å²) < 4.78 is 20.8. The Morgan fingerprint density at radius 3 is 2.29 bits per heavy atom. The number of rotatable bonds is 10. The van der Waals surface area contributed by atoms with Crippen LogP contribution in [0.1, 0.15) is 56.7 Å². The van der Waals surface area contributed by atoms with Crippen LogP contribution in [-0.2, 0) is 14.3 Å². The number of aliphatic hydroxyl groups is 1. The third kappa shape index (κ3) is 6.05. The second kappa shape index (κ2) is 12.2. The number of carbonyl (C=O) groups is 2. The molecule has 1 aliphatic heterocycles. The second-order valence-electron chi connectivity index (χ2n) is 9.94. The Morgan fingerprint density at radius 1 is 1.03 bits per heavy atom. The molecule has 0 amide bonds. The van der Waals surface area contributed by atoms with E-state index in [4.69, 9.17) is 0 Å². The molecule has 1 atom stereocenters. The summed E-state index contributed by atoms with van der Waals surface area (Å²) in [5.41, 5.74) is 5.84. The smallest absolute Gasteiger partial charge is 0.313 e. The monoisotopic (exact) mass is 518 g/mol. The maximum Gasteiger partial charge on any atom is 0.313 e. The van der Waals surface area contributed by atoms with Gasteiger partial charge in [0, 0.05) is 36.2 Å². The van der Waals surface area contributed by atoms with Crippen molar-refractivity contribution < 1.29 is 23.8 Å². The number of aliphatic hydroxyl groups excluding tert-OH is 1. The van der Waals surface area contributed by atoms with Gasteiger partial charge in [0.1, 0.15) is 18.0 Å². The molecule has 1 unspecified atom stereocenters. The van der Waals surface area contributed by atoms with E-state index in [1.54, 1.807) is 18.2 Å². The van der Waals surface area contributed by atoms with Crippen LogP contribution >= 0.6 is 0 Å². The number of carbonyl (C=O) groups excluding carboxylic acids is 2. The van der Waals surface area contributed by atoms with Crippen molar-refractivity contribution in [3.05, 3.63) is 77.7 Å². The number of hydrogen-bond acceptors (Lipinski definition) is 5. The van der Waals surface area contributed by atoms with Crippen LogP contribution in [-0.4, -0.2) is 47.8 Å².